The van der Waals surface area contributed by atoms with Crippen LogP contribution in [0.2, 0.25) is 0 Å². The molecule has 3 aromatic heterocycles. The largest absolute Gasteiger partial charge is 0.369 e. The van der Waals surface area contributed by atoms with Crippen molar-refractivity contribution in [1.29, 1.82) is 0 Å². The Balaban J connectivity index is 1.64. The van der Waals surface area contributed by atoms with Crippen molar-refractivity contribution in [3.05, 3.63) is 46.5 Å². The first kappa shape index (κ1) is 19.2. The maximum absolute atomic E-state index is 13.5. The summed E-state index contributed by atoms with van der Waals surface area (Å²) in [5, 5.41) is 3.11. The lowest BCUT2D eigenvalue weighted by Crippen LogP contribution is -2.54. The number of aryl methyl sites for hydroxylation is 1. The summed E-state index contributed by atoms with van der Waals surface area (Å²) in [6.45, 7) is 4.34. The SMILES string of the molecule is Cc1cc2nc(NC(C)c3cncc(F)c3)nc(C(=O)N3CC(C(N)=O)C3)c2s1. The van der Waals surface area contributed by atoms with E-state index in [0.29, 0.717) is 15.8 Å². The van der Waals surface area contributed by atoms with Crippen molar-refractivity contribution >= 4 is 39.3 Å². The maximum atomic E-state index is 13.5. The number of fused-ring (bicyclic) bond motifs is 1. The maximum Gasteiger partial charge on any atom is 0.274 e. The van der Waals surface area contributed by atoms with Crippen LogP contribution in [0.3, 0.4) is 0 Å². The van der Waals surface area contributed by atoms with E-state index in [-0.39, 0.29) is 42.6 Å². The first-order valence-electron chi connectivity index (χ1n) is 9.05. The second-order valence-electron chi connectivity index (χ2n) is 7.08. The number of nitrogens with one attached hydrogen (secondary N) is 1. The van der Waals surface area contributed by atoms with Gasteiger partial charge in [-0.15, -0.1) is 11.3 Å². The highest BCUT2D eigenvalue weighted by molar-refractivity contribution is 7.19. The van der Waals surface area contributed by atoms with Crippen LogP contribution < -0.4 is 11.1 Å². The molecule has 0 spiro atoms. The first-order valence-corrected chi connectivity index (χ1v) is 9.87. The number of pyridine rings is 1. The van der Waals surface area contributed by atoms with Crippen LogP contribution in [0.5, 0.6) is 0 Å². The van der Waals surface area contributed by atoms with Crippen LogP contribution >= 0.6 is 11.3 Å². The molecule has 0 aromatic carbocycles. The van der Waals surface area contributed by atoms with E-state index in [1.54, 1.807) is 11.1 Å². The lowest BCUT2D eigenvalue weighted by atomic mass is 9.99. The van der Waals surface area contributed by atoms with Gasteiger partial charge in [0.15, 0.2) is 5.69 Å². The Hall–Kier alpha value is -3.14. The molecule has 1 saturated heterocycles. The van der Waals surface area contributed by atoms with Crippen molar-refractivity contribution in [3.8, 4) is 0 Å². The van der Waals surface area contributed by atoms with Crippen LogP contribution in [0.4, 0.5) is 10.3 Å². The van der Waals surface area contributed by atoms with Gasteiger partial charge in [0.1, 0.15) is 5.82 Å². The molecule has 3 N–H and O–H groups in total. The molecule has 1 aliphatic heterocycles. The number of halogens is 1. The second-order valence-corrected chi connectivity index (χ2v) is 8.34. The number of nitrogens with zero attached hydrogens (tertiary/aromatic N) is 4. The monoisotopic (exact) mass is 414 g/mol. The Labute approximate surface area is 170 Å². The fourth-order valence-corrected chi connectivity index (χ4v) is 4.11. The van der Waals surface area contributed by atoms with Crippen LogP contribution in [0.25, 0.3) is 10.2 Å². The normalized spacial score (nSPS) is 15.2. The number of anilines is 1. The van der Waals surface area contributed by atoms with E-state index in [4.69, 9.17) is 5.73 Å². The molecule has 4 heterocycles. The number of carbonyl (C=O) groups excluding carboxylic acids is 2. The Kier molecular flexibility index (Phi) is 4.87. The summed E-state index contributed by atoms with van der Waals surface area (Å²) in [7, 11) is 0. The molecule has 8 nitrogen and oxygen atoms in total. The molecule has 0 bridgehead atoms. The minimum absolute atomic E-state index is 0.264. The van der Waals surface area contributed by atoms with Gasteiger partial charge < -0.3 is 16.0 Å². The lowest BCUT2D eigenvalue weighted by molar-refractivity contribution is -0.125. The van der Waals surface area contributed by atoms with E-state index in [9.17, 15) is 14.0 Å². The Morgan fingerprint density at radius 3 is 2.76 bits per heavy atom. The van der Waals surface area contributed by atoms with Gasteiger partial charge in [0.05, 0.1) is 28.4 Å². The molecule has 29 heavy (non-hydrogen) atoms. The second kappa shape index (κ2) is 7.36. The van der Waals surface area contributed by atoms with Crippen molar-refractivity contribution in [2.45, 2.75) is 19.9 Å². The van der Waals surface area contributed by atoms with E-state index >= 15 is 0 Å². The van der Waals surface area contributed by atoms with Gasteiger partial charge in [-0.05, 0) is 31.5 Å². The zero-order chi connectivity index (χ0) is 20.7. The fraction of sp³-hybridized carbons (Fsp3) is 0.316. The molecule has 3 aromatic rings. The molecule has 1 fully saturated rings. The summed E-state index contributed by atoms with van der Waals surface area (Å²) in [5.74, 6) is -1.16. The van der Waals surface area contributed by atoms with Gasteiger partial charge in [-0.1, -0.05) is 0 Å². The molecule has 0 radical (unpaired) electrons. The average molecular weight is 414 g/mol. The van der Waals surface area contributed by atoms with Crippen molar-refractivity contribution < 1.29 is 14.0 Å². The topological polar surface area (TPSA) is 114 Å². The summed E-state index contributed by atoms with van der Waals surface area (Å²) in [6, 6.07) is 2.95. The van der Waals surface area contributed by atoms with Crippen LogP contribution in [-0.2, 0) is 4.79 Å². The molecule has 10 heteroatoms. The molecular formula is C19H19FN6O2S. The van der Waals surface area contributed by atoms with Crippen molar-refractivity contribution in [3.63, 3.8) is 0 Å². The summed E-state index contributed by atoms with van der Waals surface area (Å²) < 4.78 is 14.2. The number of rotatable bonds is 5. The Bertz CT molecular complexity index is 1110. The quantitative estimate of drug-likeness (QED) is 0.662. The third-order valence-electron chi connectivity index (χ3n) is 4.84. The van der Waals surface area contributed by atoms with Crippen LogP contribution in [0.1, 0.15) is 33.9 Å². The number of hydrogen-bond donors (Lipinski definition) is 2. The minimum Gasteiger partial charge on any atom is -0.369 e. The van der Waals surface area contributed by atoms with Crippen molar-refractivity contribution in [1.82, 2.24) is 19.9 Å². The molecule has 4 rings (SSSR count). The van der Waals surface area contributed by atoms with Gasteiger partial charge >= 0.3 is 0 Å². The highest BCUT2D eigenvalue weighted by atomic mass is 32.1. The van der Waals surface area contributed by atoms with Crippen LogP contribution in [0, 0.1) is 18.7 Å². The third kappa shape index (κ3) is 3.75. The molecule has 0 saturated carbocycles. The number of hydrogen-bond acceptors (Lipinski definition) is 7. The van der Waals surface area contributed by atoms with E-state index in [1.165, 1.54) is 17.4 Å². The number of nitrogens with two attached hydrogens (primary N) is 1. The predicted molar refractivity (Wildman–Crippen MR) is 107 cm³/mol. The molecule has 0 aliphatic carbocycles. The molecule has 1 unspecified atom stereocenters. The minimum atomic E-state index is -0.432. The zero-order valence-corrected chi connectivity index (χ0v) is 16.7. The smallest absolute Gasteiger partial charge is 0.274 e. The van der Waals surface area contributed by atoms with E-state index in [1.807, 2.05) is 19.9 Å². The van der Waals surface area contributed by atoms with Crippen LogP contribution in [0.15, 0.2) is 24.5 Å². The molecule has 150 valence electrons. The fourth-order valence-electron chi connectivity index (χ4n) is 3.17. The van der Waals surface area contributed by atoms with Gasteiger partial charge in [-0.3, -0.25) is 14.6 Å². The Morgan fingerprint density at radius 2 is 2.07 bits per heavy atom. The number of likely N-dealkylation sites (tertiary alicyclic amines) is 1. The third-order valence-corrected chi connectivity index (χ3v) is 5.89. The molecule has 2 amide bonds. The van der Waals surface area contributed by atoms with E-state index in [0.717, 1.165) is 11.1 Å². The molecule has 1 atom stereocenters. The number of aromatic nitrogens is 3. The van der Waals surface area contributed by atoms with E-state index < -0.39 is 11.7 Å². The van der Waals surface area contributed by atoms with Crippen LogP contribution in [-0.4, -0.2) is 44.8 Å². The predicted octanol–water partition coefficient (Wildman–Crippen LogP) is 2.26. The van der Waals surface area contributed by atoms with Gasteiger partial charge in [-0.25, -0.2) is 14.4 Å². The molecular weight excluding hydrogens is 395 g/mol. The summed E-state index contributed by atoms with van der Waals surface area (Å²) in [5.41, 5.74) is 6.87. The summed E-state index contributed by atoms with van der Waals surface area (Å²) in [4.78, 5) is 39.6. The highest BCUT2D eigenvalue weighted by Crippen LogP contribution is 2.30. The van der Waals surface area contributed by atoms with Gasteiger partial charge in [0.2, 0.25) is 11.9 Å². The van der Waals surface area contributed by atoms with Gasteiger partial charge in [0, 0.05) is 24.2 Å². The number of amides is 2. The summed E-state index contributed by atoms with van der Waals surface area (Å²) in [6.07, 6.45) is 2.69. The highest BCUT2D eigenvalue weighted by Gasteiger charge is 2.36. The number of carbonyl (C=O) groups is 2. The molecule has 1 aliphatic rings. The number of thiophene rings is 1. The van der Waals surface area contributed by atoms with Gasteiger partial charge in [0.25, 0.3) is 5.91 Å². The van der Waals surface area contributed by atoms with Gasteiger partial charge in [-0.2, -0.15) is 0 Å². The lowest BCUT2D eigenvalue weighted by Gasteiger charge is -2.37. The Morgan fingerprint density at radius 1 is 1.31 bits per heavy atom. The van der Waals surface area contributed by atoms with Crippen molar-refractivity contribution in [2.75, 3.05) is 18.4 Å². The average Bonchev–Trinajstić information content (AvgIpc) is 2.99. The van der Waals surface area contributed by atoms with Crippen molar-refractivity contribution in [2.24, 2.45) is 11.7 Å². The summed E-state index contributed by atoms with van der Waals surface area (Å²) >= 11 is 1.44. The van der Waals surface area contributed by atoms with E-state index in [2.05, 4.69) is 20.3 Å². The standard InChI is InChI=1S/C19H19FN6O2S/c1-9-3-14-16(29-9)15(18(28)26-7-12(8-26)17(21)27)25-19(24-14)23-10(2)11-4-13(20)6-22-5-11/h3-6,10,12H,7-8H2,1-2H3,(H2,21,27)(H,23,24,25). The zero-order valence-electron chi connectivity index (χ0n) is 15.8. The first-order chi connectivity index (χ1) is 13.8. The number of primary amides is 1.